The molecule has 0 aliphatic rings. The van der Waals surface area contributed by atoms with Crippen molar-refractivity contribution >= 4 is 27.4 Å². The Kier molecular flexibility index (Phi) is 4.23. The van der Waals surface area contributed by atoms with Crippen LogP contribution in [0.3, 0.4) is 0 Å². The highest BCUT2D eigenvalue weighted by molar-refractivity contribution is 7.91. The van der Waals surface area contributed by atoms with Gasteiger partial charge in [0.2, 0.25) is 10.0 Å². The fraction of sp³-hybridized carbons (Fsp3) is 0.0769. The van der Waals surface area contributed by atoms with E-state index in [9.17, 15) is 8.42 Å². The van der Waals surface area contributed by atoms with Crippen molar-refractivity contribution in [1.82, 2.24) is 4.98 Å². The molecule has 0 fully saturated rings. The number of hydrogen-bond donors (Lipinski definition) is 1. The second-order valence-corrected chi connectivity index (χ2v) is 6.09. The summed E-state index contributed by atoms with van der Waals surface area (Å²) in [5.74, 6) is -0.155. The normalized spacial score (nSPS) is 10.8. The maximum absolute atomic E-state index is 12.0. The number of benzene rings is 1. The van der Waals surface area contributed by atoms with Gasteiger partial charge in [-0.05, 0) is 23.8 Å². The predicted octanol–water partition coefficient (Wildman–Crippen LogP) is 2.55. The van der Waals surface area contributed by atoms with E-state index in [1.165, 1.54) is 6.07 Å². The molecule has 0 spiro atoms. The minimum atomic E-state index is -3.66. The number of pyridine rings is 1. The van der Waals surface area contributed by atoms with Gasteiger partial charge in [-0.25, -0.2) is 13.4 Å². The number of hydrogen-bond acceptors (Lipinski definition) is 4. The van der Waals surface area contributed by atoms with Crippen LogP contribution in [0.2, 0.25) is 5.15 Å². The first kappa shape index (κ1) is 14.3. The SMILES string of the molecule is N#Cc1ccccc1CS(=O)(=O)Nc1cccc(Cl)n1. The van der Waals surface area contributed by atoms with Crippen molar-refractivity contribution in [1.29, 1.82) is 5.26 Å². The van der Waals surface area contributed by atoms with Crippen molar-refractivity contribution in [3.8, 4) is 6.07 Å². The zero-order valence-corrected chi connectivity index (χ0v) is 11.8. The molecule has 1 heterocycles. The van der Waals surface area contributed by atoms with Gasteiger partial charge in [0.15, 0.2) is 0 Å². The second kappa shape index (κ2) is 5.90. The monoisotopic (exact) mass is 307 g/mol. The molecule has 0 aliphatic carbocycles. The van der Waals surface area contributed by atoms with Crippen LogP contribution >= 0.6 is 11.6 Å². The van der Waals surface area contributed by atoms with Gasteiger partial charge in [0.05, 0.1) is 17.4 Å². The van der Waals surface area contributed by atoms with Gasteiger partial charge in [-0.1, -0.05) is 35.9 Å². The van der Waals surface area contributed by atoms with Gasteiger partial charge in [-0.2, -0.15) is 5.26 Å². The van der Waals surface area contributed by atoms with Gasteiger partial charge in [0.25, 0.3) is 0 Å². The Morgan fingerprint density at radius 2 is 1.95 bits per heavy atom. The first-order chi connectivity index (χ1) is 9.50. The molecule has 0 unspecified atom stereocenters. The smallest absolute Gasteiger partial charge is 0.238 e. The van der Waals surface area contributed by atoms with Crippen molar-refractivity contribution in [3.63, 3.8) is 0 Å². The van der Waals surface area contributed by atoms with Gasteiger partial charge in [0, 0.05) is 0 Å². The zero-order valence-electron chi connectivity index (χ0n) is 10.2. The number of aromatic nitrogens is 1. The molecule has 2 aromatic rings. The molecule has 0 aliphatic heterocycles. The number of nitrogens with zero attached hydrogens (tertiary/aromatic N) is 2. The van der Waals surface area contributed by atoms with Gasteiger partial charge in [-0.3, -0.25) is 4.72 Å². The van der Waals surface area contributed by atoms with E-state index in [0.717, 1.165) is 0 Å². The quantitative estimate of drug-likeness (QED) is 0.880. The number of nitrogens with one attached hydrogen (secondary N) is 1. The summed E-state index contributed by atoms with van der Waals surface area (Å²) in [4.78, 5) is 3.85. The minimum absolute atomic E-state index is 0.145. The number of anilines is 1. The van der Waals surface area contributed by atoms with Gasteiger partial charge < -0.3 is 0 Å². The van der Waals surface area contributed by atoms with E-state index in [0.29, 0.717) is 11.1 Å². The van der Waals surface area contributed by atoms with Crippen molar-refractivity contribution in [3.05, 3.63) is 58.7 Å². The van der Waals surface area contributed by atoms with E-state index in [1.54, 1.807) is 36.4 Å². The lowest BCUT2D eigenvalue weighted by molar-refractivity contribution is 0.600. The van der Waals surface area contributed by atoms with Crippen LogP contribution in [-0.4, -0.2) is 13.4 Å². The van der Waals surface area contributed by atoms with Crippen LogP contribution in [0, 0.1) is 11.3 Å². The maximum atomic E-state index is 12.0. The summed E-state index contributed by atoms with van der Waals surface area (Å²) in [7, 11) is -3.66. The van der Waals surface area contributed by atoms with Gasteiger partial charge in [0.1, 0.15) is 11.0 Å². The lowest BCUT2D eigenvalue weighted by Gasteiger charge is -2.08. The van der Waals surface area contributed by atoms with E-state index in [4.69, 9.17) is 16.9 Å². The lowest BCUT2D eigenvalue weighted by atomic mass is 10.1. The summed E-state index contributed by atoms with van der Waals surface area (Å²) in [6.45, 7) is 0. The fourth-order valence-corrected chi connectivity index (χ4v) is 2.95. The molecular formula is C13H10ClN3O2S. The molecule has 1 N–H and O–H groups in total. The molecule has 0 radical (unpaired) electrons. The van der Waals surface area contributed by atoms with Crippen molar-refractivity contribution < 1.29 is 8.42 Å². The Bertz CT molecular complexity index is 769. The topological polar surface area (TPSA) is 82.8 Å². The molecule has 0 bridgehead atoms. The van der Waals surface area contributed by atoms with E-state index < -0.39 is 10.0 Å². The van der Waals surface area contributed by atoms with E-state index in [2.05, 4.69) is 9.71 Å². The first-order valence-corrected chi connectivity index (χ1v) is 7.64. The number of halogens is 1. The average molecular weight is 308 g/mol. The van der Waals surface area contributed by atoms with Crippen LogP contribution in [-0.2, 0) is 15.8 Å². The van der Waals surface area contributed by atoms with Crippen LogP contribution in [0.5, 0.6) is 0 Å². The molecule has 0 saturated carbocycles. The van der Waals surface area contributed by atoms with Gasteiger partial charge in [-0.15, -0.1) is 0 Å². The summed E-state index contributed by atoms with van der Waals surface area (Å²) < 4.78 is 26.4. The maximum Gasteiger partial charge on any atom is 0.238 e. The average Bonchev–Trinajstić information content (AvgIpc) is 2.38. The van der Waals surface area contributed by atoms with Crippen molar-refractivity contribution in [2.45, 2.75) is 5.75 Å². The van der Waals surface area contributed by atoms with Crippen molar-refractivity contribution in [2.75, 3.05) is 4.72 Å². The molecule has 20 heavy (non-hydrogen) atoms. The third-order valence-electron chi connectivity index (χ3n) is 2.46. The Balaban J connectivity index is 2.22. The summed E-state index contributed by atoms with van der Waals surface area (Å²) in [5.41, 5.74) is 0.765. The summed E-state index contributed by atoms with van der Waals surface area (Å²) in [6.07, 6.45) is 0. The summed E-state index contributed by atoms with van der Waals surface area (Å²) in [6, 6.07) is 13.1. The van der Waals surface area contributed by atoms with Gasteiger partial charge >= 0.3 is 0 Å². The highest BCUT2D eigenvalue weighted by atomic mass is 35.5. The third-order valence-corrected chi connectivity index (χ3v) is 3.88. The molecule has 1 aromatic heterocycles. The van der Waals surface area contributed by atoms with Crippen LogP contribution in [0.4, 0.5) is 5.82 Å². The zero-order chi connectivity index (χ0) is 14.6. The predicted molar refractivity (Wildman–Crippen MR) is 76.7 cm³/mol. The van der Waals surface area contributed by atoms with Crippen LogP contribution in [0.1, 0.15) is 11.1 Å². The number of sulfonamides is 1. The largest absolute Gasteiger partial charge is 0.267 e. The third kappa shape index (κ3) is 3.70. The summed E-state index contributed by atoms with van der Waals surface area (Å²) in [5, 5.41) is 9.14. The first-order valence-electron chi connectivity index (χ1n) is 5.61. The van der Waals surface area contributed by atoms with Crippen LogP contribution in [0.15, 0.2) is 42.5 Å². The van der Waals surface area contributed by atoms with Crippen molar-refractivity contribution in [2.24, 2.45) is 0 Å². The Labute approximate surface area is 121 Å². The molecule has 1 aromatic carbocycles. The Hall–Kier alpha value is -2.10. The van der Waals surface area contributed by atoms with Crippen LogP contribution < -0.4 is 4.72 Å². The molecule has 5 nitrogen and oxygen atoms in total. The van der Waals surface area contributed by atoms with E-state index in [1.807, 2.05) is 6.07 Å². The standard InChI is InChI=1S/C13H10ClN3O2S/c14-12-6-3-7-13(16-12)17-20(18,19)9-11-5-2-1-4-10(11)8-15/h1-7H,9H2,(H,16,17). The Morgan fingerprint density at radius 1 is 1.20 bits per heavy atom. The highest BCUT2D eigenvalue weighted by Crippen LogP contribution is 2.15. The summed E-state index contributed by atoms with van der Waals surface area (Å²) >= 11 is 5.69. The lowest BCUT2D eigenvalue weighted by Crippen LogP contribution is -2.16. The number of rotatable bonds is 4. The molecular weight excluding hydrogens is 298 g/mol. The molecule has 102 valence electrons. The molecule has 0 saturated heterocycles. The Morgan fingerprint density at radius 3 is 2.65 bits per heavy atom. The van der Waals surface area contributed by atoms with Crippen LogP contribution in [0.25, 0.3) is 0 Å². The molecule has 7 heteroatoms. The second-order valence-electron chi connectivity index (χ2n) is 3.98. The minimum Gasteiger partial charge on any atom is -0.267 e. The molecule has 2 rings (SSSR count). The molecule has 0 amide bonds. The highest BCUT2D eigenvalue weighted by Gasteiger charge is 2.15. The van der Waals surface area contributed by atoms with E-state index in [-0.39, 0.29) is 16.7 Å². The fourth-order valence-electron chi connectivity index (χ4n) is 1.62. The van der Waals surface area contributed by atoms with E-state index >= 15 is 0 Å². The molecule has 0 atom stereocenters. The number of nitriles is 1.